The molecule has 4 rings (SSSR count). The second-order valence-electron chi connectivity index (χ2n) is 6.00. The highest BCUT2D eigenvalue weighted by molar-refractivity contribution is 9.10. The Labute approximate surface area is 168 Å². The van der Waals surface area contributed by atoms with E-state index in [1.807, 2.05) is 24.4 Å². The van der Waals surface area contributed by atoms with Crippen molar-refractivity contribution in [3.05, 3.63) is 52.6 Å². The van der Waals surface area contributed by atoms with Gasteiger partial charge in [-0.05, 0) is 47.7 Å². The van der Waals surface area contributed by atoms with Gasteiger partial charge in [-0.15, -0.1) is 0 Å². The van der Waals surface area contributed by atoms with E-state index in [2.05, 4.69) is 54.7 Å². The van der Waals surface area contributed by atoms with Gasteiger partial charge in [0.05, 0.1) is 11.8 Å². The summed E-state index contributed by atoms with van der Waals surface area (Å²) < 4.78 is 7.20. The number of aromatic amines is 1. The number of nitrogens with zero attached hydrogens (tertiary/aromatic N) is 1. The van der Waals surface area contributed by atoms with E-state index in [1.54, 1.807) is 7.11 Å². The number of urea groups is 1. The van der Waals surface area contributed by atoms with E-state index in [4.69, 9.17) is 4.74 Å². The van der Waals surface area contributed by atoms with E-state index in [0.717, 1.165) is 26.6 Å². The topological polar surface area (TPSA) is 79.0 Å². The fourth-order valence-electron chi connectivity index (χ4n) is 2.90. The molecule has 2 aromatic carbocycles. The number of carbonyl (C=O) groups excluding carboxylic acids is 1. The van der Waals surface area contributed by atoms with Gasteiger partial charge in [0.1, 0.15) is 11.3 Å². The summed E-state index contributed by atoms with van der Waals surface area (Å²) in [6, 6.07) is 11.8. The Morgan fingerprint density at radius 3 is 3.04 bits per heavy atom. The number of nitrogens with one attached hydrogen (secondary N) is 3. The van der Waals surface area contributed by atoms with Gasteiger partial charge in [0.15, 0.2) is 5.13 Å². The van der Waals surface area contributed by atoms with Gasteiger partial charge in [-0.25, -0.2) is 9.78 Å². The van der Waals surface area contributed by atoms with Crippen molar-refractivity contribution in [1.29, 1.82) is 0 Å². The molecular formula is C19H17BrN4O2S. The molecular weight excluding hydrogens is 428 g/mol. The van der Waals surface area contributed by atoms with Crippen molar-refractivity contribution >= 4 is 59.5 Å². The van der Waals surface area contributed by atoms with Crippen LogP contribution in [0.3, 0.4) is 0 Å². The van der Waals surface area contributed by atoms with Crippen LogP contribution in [0, 0.1) is 0 Å². The van der Waals surface area contributed by atoms with Crippen LogP contribution < -0.4 is 15.4 Å². The van der Waals surface area contributed by atoms with Gasteiger partial charge >= 0.3 is 6.03 Å². The summed E-state index contributed by atoms with van der Waals surface area (Å²) in [7, 11) is 1.60. The van der Waals surface area contributed by atoms with E-state index in [0.29, 0.717) is 17.4 Å². The highest BCUT2D eigenvalue weighted by Crippen LogP contribution is 2.35. The van der Waals surface area contributed by atoms with E-state index in [9.17, 15) is 4.79 Å². The lowest BCUT2D eigenvalue weighted by molar-refractivity contribution is 0.252. The molecule has 3 N–H and O–H groups in total. The first-order valence-electron chi connectivity index (χ1n) is 8.37. The van der Waals surface area contributed by atoms with Crippen molar-refractivity contribution in [2.24, 2.45) is 0 Å². The second-order valence-corrected chi connectivity index (χ2v) is 7.95. The van der Waals surface area contributed by atoms with Gasteiger partial charge in [-0.1, -0.05) is 33.3 Å². The molecule has 0 aliphatic carbocycles. The van der Waals surface area contributed by atoms with Crippen LogP contribution in [0.2, 0.25) is 0 Å². The second kappa shape index (κ2) is 7.58. The number of benzene rings is 2. The third kappa shape index (κ3) is 3.91. The zero-order chi connectivity index (χ0) is 18.8. The Morgan fingerprint density at radius 1 is 1.30 bits per heavy atom. The maximum Gasteiger partial charge on any atom is 0.321 e. The van der Waals surface area contributed by atoms with Crippen LogP contribution in [-0.4, -0.2) is 29.7 Å². The quantitative estimate of drug-likeness (QED) is 0.408. The van der Waals surface area contributed by atoms with Crippen molar-refractivity contribution in [3.8, 4) is 5.75 Å². The lowest BCUT2D eigenvalue weighted by Gasteiger charge is -2.06. The van der Waals surface area contributed by atoms with E-state index < -0.39 is 0 Å². The Hall–Kier alpha value is -2.58. The average molecular weight is 445 g/mol. The number of rotatable bonds is 5. The summed E-state index contributed by atoms with van der Waals surface area (Å²) in [6.45, 7) is 0.543. The van der Waals surface area contributed by atoms with Crippen LogP contribution in [0.1, 0.15) is 5.56 Å². The number of H-pyrrole nitrogens is 1. The number of aromatic nitrogens is 2. The van der Waals surface area contributed by atoms with Gasteiger partial charge in [0.2, 0.25) is 0 Å². The third-order valence-corrected chi connectivity index (χ3v) is 5.56. The number of hydrogen-bond acceptors (Lipinski definition) is 4. The Kier molecular flexibility index (Phi) is 5.00. The summed E-state index contributed by atoms with van der Waals surface area (Å²) in [4.78, 5) is 19.8. The Balaban J connectivity index is 1.37. The minimum absolute atomic E-state index is 0.269. The third-order valence-electron chi connectivity index (χ3n) is 4.18. The van der Waals surface area contributed by atoms with Crippen molar-refractivity contribution in [1.82, 2.24) is 15.3 Å². The number of fused-ring (bicyclic) bond motifs is 2. The first-order valence-corrected chi connectivity index (χ1v) is 9.98. The number of thiazole rings is 1. The highest BCUT2D eigenvalue weighted by Gasteiger charge is 2.12. The van der Waals surface area contributed by atoms with Gasteiger partial charge in [-0.2, -0.15) is 0 Å². The lowest BCUT2D eigenvalue weighted by atomic mass is 10.1. The average Bonchev–Trinajstić information content (AvgIpc) is 3.26. The number of anilines is 1. The monoisotopic (exact) mass is 444 g/mol. The molecule has 2 heterocycles. The van der Waals surface area contributed by atoms with Crippen LogP contribution in [0.5, 0.6) is 5.75 Å². The number of carbonyl (C=O) groups is 1. The Morgan fingerprint density at radius 2 is 2.19 bits per heavy atom. The molecule has 8 heteroatoms. The minimum atomic E-state index is -0.269. The molecule has 0 aliphatic rings. The van der Waals surface area contributed by atoms with Gasteiger partial charge in [-0.3, -0.25) is 5.32 Å². The lowest BCUT2D eigenvalue weighted by Crippen LogP contribution is -2.30. The maximum absolute atomic E-state index is 12.2. The van der Waals surface area contributed by atoms with Crippen LogP contribution in [0.4, 0.5) is 9.93 Å². The molecule has 0 aliphatic heterocycles. The molecule has 0 fully saturated rings. The number of methoxy groups -OCH3 is 1. The van der Waals surface area contributed by atoms with Crippen LogP contribution in [-0.2, 0) is 6.42 Å². The molecule has 0 radical (unpaired) electrons. The molecule has 4 aromatic rings. The molecule has 0 spiro atoms. The largest absolute Gasteiger partial charge is 0.494 e. The normalized spacial score (nSPS) is 11.0. The van der Waals surface area contributed by atoms with Gasteiger partial charge in [0, 0.05) is 22.7 Å². The van der Waals surface area contributed by atoms with Crippen molar-refractivity contribution in [2.75, 3.05) is 19.0 Å². The molecule has 0 unspecified atom stereocenters. The fraction of sp³-hybridized carbons (Fsp3) is 0.158. The molecule has 0 saturated carbocycles. The molecule has 27 heavy (non-hydrogen) atoms. The Bertz CT molecular complexity index is 1120. The summed E-state index contributed by atoms with van der Waals surface area (Å²) >= 11 is 4.86. The molecule has 0 saturated heterocycles. The first-order chi connectivity index (χ1) is 13.1. The molecule has 0 bridgehead atoms. The van der Waals surface area contributed by atoms with Crippen molar-refractivity contribution < 1.29 is 9.53 Å². The highest BCUT2D eigenvalue weighted by atomic mass is 79.9. The minimum Gasteiger partial charge on any atom is -0.494 e. The van der Waals surface area contributed by atoms with Crippen molar-refractivity contribution in [3.63, 3.8) is 0 Å². The molecule has 2 amide bonds. The predicted octanol–water partition coefficient (Wildman–Crippen LogP) is 4.91. The zero-order valence-electron chi connectivity index (χ0n) is 14.5. The molecule has 2 aromatic heterocycles. The first kappa shape index (κ1) is 17.8. The van der Waals surface area contributed by atoms with Gasteiger partial charge < -0.3 is 15.0 Å². The smallest absolute Gasteiger partial charge is 0.321 e. The van der Waals surface area contributed by atoms with Gasteiger partial charge in [0.25, 0.3) is 0 Å². The molecule has 138 valence electrons. The number of ether oxygens (including phenoxy) is 1. The number of halogens is 1. The SMILES string of the molecule is COc1cc(Br)cc2sc(NC(=O)NCCc3ccc4[nH]ccc4c3)nc12. The molecule has 0 atom stereocenters. The standard InChI is InChI=1S/C19H17BrN4O2S/c1-26-15-9-13(20)10-16-17(15)23-19(27-16)24-18(25)22-6-4-11-2-3-14-12(8-11)5-7-21-14/h2-3,5,7-10,21H,4,6H2,1H3,(H2,22,23,24,25). The number of hydrogen-bond donors (Lipinski definition) is 3. The summed E-state index contributed by atoms with van der Waals surface area (Å²) in [5, 5.41) is 7.38. The van der Waals surface area contributed by atoms with Crippen LogP contribution >= 0.6 is 27.3 Å². The van der Waals surface area contributed by atoms with E-state index in [1.165, 1.54) is 22.3 Å². The van der Waals surface area contributed by atoms with E-state index >= 15 is 0 Å². The zero-order valence-corrected chi connectivity index (χ0v) is 16.9. The number of amides is 2. The molecule has 6 nitrogen and oxygen atoms in total. The van der Waals surface area contributed by atoms with Crippen LogP contribution in [0.15, 0.2) is 47.1 Å². The fourth-order valence-corrected chi connectivity index (χ4v) is 4.40. The summed E-state index contributed by atoms with van der Waals surface area (Å²) in [6.07, 6.45) is 2.68. The van der Waals surface area contributed by atoms with E-state index in [-0.39, 0.29) is 6.03 Å². The maximum atomic E-state index is 12.2. The summed E-state index contributed by atoms with van der Waals surface area (Å²) in [5.41, 5.74) is 3.03. The van der Waals surface area contributed by atoms with Crippen molar-refractivity contribution in [2.45, 2.75) is 6.42 Å². The predicted molar refractivity (Wildman–Crippen MR) is 113 cm³/mol. The summed E-state index contributed by atoms with van der Waals surface area (Å²) in [5.74, 6) is 0.671. The van der Waals surface area contributed by atoms with Crippen LogP contribution in [0.25, 0.3) is 21.1 Å².